The van der Waals surface area contributed by atoms with Gasteiger partial charge in [-0.1, -0.05) is 17.7 Å². The van der Waals surface area contributed by atoms with Crippen molar-refractivity contribution in [2.75, 3.05) is 0 Å². The lowest BCUT2D eigenvalue weighted by atomic mass is 10.1. The number of hydrogen-bond acceptors (Lipinski definition) is 1. The van der Waals surface area contributed by atoms with Crippen molar-refractivity contribution in [1.82, 2.24) is 4.57 Å². The molecule has 0 aliphatic heterocycles. The second kappa shape index (κ2) is 3.50. The van der Waals surface area contributed by atoms with Gasteiger partial charge in [-0.05, 0) is 37.5 Å². The van der Waals surface area contributed by atoms with Gasteiger partial charge in [0.25, 0.3) is 0 Å². The maximum absolute atomic E-state index is 11.4. The number of carboxylic acids is 1. The first-order valence-corrected chi connectivity index (χ1v) is 6.00. The highest BCUT2D eigenvalue weighted by atomic mass is 35.5. The normalized spacial score (nSPS) is 15.4. The molecule has 0 radical (unpaired) electrons. The molecule has 0 amide bonds. The summed E-state index contributed by atoms with van der Waals surface area (Å²) in [5.74, 6) is -0.860. The van der Waals surface area contributed by atoms with E-state index in [1.54, 1.807) is 6.07 Å². The average Bonchev–Trinajstić information content (AvgIpc) is 3.04. The fourth-order valence-electron chi connectivity index (χ4n) is 2.43. The van der Waals surface area contributed by atoms with Gasteiger partial charge < -0.3 is 9.67 Å². The topological polar surface area (TPSA) is 42.2 Å². The van der Waals surface area contributed by atoms with Gasteiger partial charge in [-0.15, -0.1) is 0 Å². The Bertz CT molecular complexity index is 626. The summed E-state index contributed by atoms with van der Waals surface area (Å²) in [7, 11) is 0. The van der Waals surface area contributed by atoms with Crippen molar-refractivity contribution in [1.29, 1.82) is 0 Å². The first kappa shape index (κ1) is 10.7. The molecule has 0 spiro atoms. The van der Waals surface area contributed by atoms with Crippen molar-refractivity contribution in [3.05, 3.63) is 34.5 Å². The van der Waals surface area contributed by atoms with Crippen LogP contribution in [0.25, 0.3) is 10.9 Å². The van der Waals surface area contributed by atoms with Crippen LogP contribution in [0.3, 0.4) is 0 Å². The number of aromatic carboxylic acids is 1. The molecule has 1 saturated carbocycles. The Balaban J connectivity index is 2.41. The maximum Gasteiger partial charge on any atom is 0.352 e. The third-order valence-corrected chi connectivity index (χ3v) is 3.57. The summed E-state index contributed by atoms with van der Waals surface area (Å²) < 4.78 is 1.93. The minimum atomic E-state index is -0.860. The van der Waals surface area contributed by atoms with E-state index >= 15 is 0 Å². The monoisotopic (exact) mass is 249 g/mol. The average molecular weight is 250 g/mol. The van der Waals surface area contributed by atoms with E-state index in [2.05, 4.69) is 0 Å². The number of benzene rings is 1. The minimum absolute atomic E-state index is 0.329. The molecule has 1 aliphatic rings. The SMILES string of the molecule is Cc1c(C(=O)O)n(C2CC2)c2cc(Cl)ccc12. The molecule has 1 aromatic carbocycles. The third kappa shape index (κ3) is 1.53. The Labute approximate surface area is 104 Å². The zero-order valence-electron chi connectivity index (χ0n) is 9.40. The van der Waals surface area contributed by atoms with Gasteiger partial charge in [-0.25, -0.2) is 4.79 Å². The highest BCUT2D eigenvalue weighted by Gasteiger charge is 2.31. The Hall–Kier alpha value is -1.48. The fraction of sp³-hybridized carbons (Fsp3) is 0.308. The van der Waals surface area contributed by atoms with Gasteiger partial charge in [-0.2, -0.15) is 0 Å². The Morgan fingerprint density at radius 3 is 2.76 bits per heavy atom. The lowest BCUT2D eigenvalue weighted by Crippen LogP contribution is -2.08. The number of carbonyl (C=O) groups is 1. The van der Waals surface area contributed by atoms with E-state index in [0.717, 1.165) is 29.3 Å². The van der Waals surface area contributed by atoms with Crippen LogP contribution in [0.4, 0.5) is 0 Å². The first-order chi connectivity index (χ1) is 8.09. The quantitative estimate of drug-likeness (QED) is 0.883. The molecule has 3 rings (SSSR count). The summed E-state index contributed by atoms with van der Waals surface area (Å²) in [5, 5.41) is 11.0. The molecule has 0 unspecified atom stereocenters. The summed E-state index contributed by atoms with van der Waals surface area (Å²) in [6.07, 6.45) is 2.10. The van der Waals surface area contributed by atoms with E-state index in [1.807, 2.05) is 23.6 Å². The van der Waals surface area contributed by atoms with Crippen molar-refractivity contribution in [2.24, 2.45) is 0 Å². The molecule has 1 N–H and O–H groups in total. The molecular weight excluding hydrogens is 238 g/mol. The number of rotatable bonds is 2. The molecule has 1 aliphatic carbocycles. The number of carboxylic acid groups (broad SMARTS) is 1. The van der Waals surface area contributed by atoms with Crippen LogP contribution >= 0.6 is 11.6 Å². The zero-order chi connectivity index (χ0) is 12.2. The van der Waals surface area contributed by atoms with E-state index in [-0.39, 0.29) is 0 Å². The third-order valence-electron chi connectivity index (χ3n) is 3.33. The summed E-state index contributed by atoms with van der Waals surface area (Å²) in [5.41, 5.74) is 2.18. The second-order valence-electron chi connectivity index (χ2n) is 4.54. The van der Waals surface area contributed by atoms with Crippen molar-refractivity contribution >= 4 is 28.5 Å². The van der Waals surface area contributed by atoms with Crippen molar-refractivity contribution < 1.29 is 9.90 Å². The molecule has 4 heteroatoms. The Kier molecular flexibility index (Phi) is 2.20. The van der Waals surface area contributed by atoms with E-state index in [4.69, 9.17) is 11.6 Å². The van der Waals surface area contributed by atoms with Gasteiger partial charge in [0.05, 0.1) is 5.52 Å². The molecule has 17 heavy (non-hydrogen) atoms. The van der Waals surface area contributed by atoms with E-state index in [0.29, 0.717) is 16.8 Å². The summed E-state index contributed by atoms with van der Waals surface area (Å²) >= 11 is 6.00. The van der Waals surface area contributed by atoms with Crippen LogP contribution in [0.5, 0.6) is 0 Å². The van der Waals surface area contributed by atoms with Crippen molar-refractivity contribution in [2.45, 2.75) is 25.8 Å². The molecule has 3 nitrogen and oxygen atoms in total. The minimum Gasteiger partial charge on any atom is -0.477 e. The van der Waals surface area contributed by atoms with Gasteiger partial charge in [0.15, 0.2) is 0 Å². The van der Waals surface area contributed by atoms with Crippen LogP contribution in [-0.4, -0.2) is 15.6 Å². The van der Waals surface area contributed by atoms with Crippen LogP contribution in [-0.2, 0) is 0 Å². The molecule has 88 valence electrons. The highest BCUT2D eigenvalue weighted by molar-refractivity contribution is 6.31. The van der Waals surface area contributed by atoms with Crippen LogP contribution in [0.15, 0.2) is 18.2 Å². The predicted molar refractivity (Wildman–Crippen MR) is 66.9 cm³/mol. The number of nitrogens with zero attached hydrogens (tertiary/aromatic N) is 1. The van der Waals surface area contributed by atoms with Crippen molar-refractivity contribution in [3.8, 4) is 0 Å². The summed E-state index contributed by atoms with van der Waals surface area (Å²) in [6.45, 7) is 1.86. The van der Waals surface area contributed by atoms with Gasteiger partial charge in [0.1, 0.15) is 5.69 Å². The molecule has 1 aromatic heterocycles. The molecule has 2 aromatic rings. The molecule has 0 atom stereocenters. The highest BCUT2D eigenvalue weighted by Crippen LogP contribution is 2.41. The number of aryl methyl sites for hydroxylation is 1. The lowest BCUT2D eigenvalue weighted by Gasteiger charge is -2.06. The Morgan fingerprint density at radius 2 is 2.18 bits per heavy atom. The predicted octanol–water partition coefficient (Wildman–Crippen LogP) is 3.64. The standard InChI is InChI=1S/C13H12ClNO2/c1-7-10-5-2-8(14)6-11(10)15(9-3-4-9)12(7)13(16)17/h2,5-6,9H,3-4H2,1H3,(H,16,17). The second-order valence-corrected chi connectivity index (χ2v) is 4.98. The zero-order valence-corrected chi connectivity index (χ0v) is 10.2. The number of fused-ring (bicyclic) bond motifs is 1. The fourth-order valence-corrected chi connectivity index (χ4v) is 2.59. The lowest BCUT2D eigenvalue weighted by molar-refractivity contribution is 0.0684. The number of halogens is 1. The number of hydrogen-bond donors (Lipinski definition) is 1. The van der Waals surface area contributed by atoms with Crippen molar-refractivity contribution in [3.63, 3.8) is 0 Å². The molecular formula is C13H12ClNO2. The van der Waals surface area contributed by atoms with E-state index in [1.165, 1.54) is 0 Å². The summed E-state index contributed by atoms with van der Waals surface area (Å²) in [4.78, 5) is 11.4. The van der Waals surface area contributed by atoms with Gasteiger partial charge in [0, 0.05) is 16.5 Å². The molecule has 0 saturated heterocycles. The van der Waals surface area contributed by atoms with E-state index in [9.17, 15) is 9.90 Å². The Morgan fingerprint density at radius 1 is 1.47 bits per heavy atom. The van der Waals surface area contributed by atoms with Crippen LogP contribution < -0.4 is 0 Å². The van der Waals surface area contributed by atoms with Gasteiger partial charge in [-0.3, -0.25) is 0 Å². The van der Waals surface area contributed by atoms with Gasteiger partial charge >= 0.3 is 5.97 Å². The van der Waals surface area contributed by atoms with Crippen LogP contribution in [0.2, 0.25) is 5.02 Å². The summed E-state index contributed by atoms with van der Waals surface area (Å²) in [6, 6.07) is 5.89. The molecule has 0 bridgehead atoms. The first-order valence-electron chi connectivity index (χ1n) is 5.63. The molecule has 1 heterocycles. The van der Waals surface area contributed by atoms with Crippen LogP contribution in [0, 0.1) is 6.92 Å². The largest absolute Gasteiger partial charge is 0.477 e. The number of aromatic nitrogens is 1. The van der Waals surface area contributed by atoms with E-state index < -0.39 is 5.97 Å². The molecule has 1 fully saturated rings. The smallest absolute Gasteiger partial charge is 0.352 e. The van der Waals surface area contributed by atoms with Crippen LogP contribution in [0.1, 0.15) is 34.9 Å². The van der Waals surface area contributed by atoms with Gasteiger partial charge in [0.2, 0.25) is 0 Å². The maximum atomic E-state index is 11.4.